The summed E-state index contributed by atoms with van der Waals surface area (Å²) in [6, 6.07) is 13.9. The van der Waals surface area contributed by atoms with Gasteiger partial charge in [-0.3, -0.25) is 4.79 Å². The van der Waals surface area contributed by atoms with Crippen LogP contribution in [0.1, 0.15) is 36.6 Å². The Morgan fingerprint density at radius 3 is 2.67 bits per heavy atom. The molecule has 3 aromatic rings. The van der Waals surface area contributed by atoms with Crippen LogP contribution < -0.4 is 10.1 Å². The minimum atomic E-state index is -0.153. The molecular weight excluding hydrogens is 396 g/mol. The van der Waals surface area contributed by atoms with Crippen molar-refractivity contribution in [1.82, 2.24) is 20.1 Å². The molecule has 2 aromatic carbocycles. The number of hydrogen-bond donors (Lipinski definition) is 1. The summed E-state index contributed by atoms with van der Waals surface area (Å²) in [5, 5.41) is 12.5. The van der Waals surface area contributed by atoms with Crippen LogP contribution in [0.4, 0.5) is 0 Å². The first-order valence-corrected chi connectivity index (χ1v) is 11.0. The van der Waals surface area contributed by atoms with E-state index < -0.39 is 0 Å². The smallest absolute Gasteiger partial charge is 0.230 e. The van der Waals surface area contributed by atoms with Crippen LogP contribution in [0, 0.1) is 13.8 Å². The summed E-state index contributed by atoms with van der Waals surface area (Å²) in [5.41, 5.74) is 4.30. The van der Waals surface area contributed by atoms with Crippen molar-refractivity contribution in [2.75, 3.05) is 12.9 Å². The predicted octanol–water partition coefficient (Wildman–Crippen LogP) is 4.56. The van der Waals surface area contributed by atoms with Crippen molar-refractivity contribution in [2.24, 2.45) is 0 Å². The van der Waals surface area contributed by atoms with Crippen LogP contribution in [0.2, 0.25) is 0 Å². The van der Waals surface area contributed by atoms with Crippen LogP contribution in [0.25, 0.3) is 11.4 Å². The fourth-order valence-corrected chi connectivity index (χ4v) is 4.20. The molecule has 1 aromatic heterocycles. The van der Waals surface area contributed by atoms with Crippen molar-refractivity contribution in [3.8, 4) is 17.1 Å². The third kappa shape index (κ3) is 4.84. The highest BCUT2D eigenvalue weighted by Crippen LogP contribution is 2.28. The molecule has 1 unspecified atom stereocenters. The van der Waals surface area contributed by atoms with Crippen molar-refractivity contribution in [3.63, 3.8) is 0 Å². The van der Waals surface area contributed by atoms with Gasteiger partial charge in [0.1, 0.15) is 5.75 Å². The summed E-state index contributed by atoms with van der Waals surface area (Å²) in [5.74, 6) is 1.81. The Bertz CT molecular complexity index is 1030. The largest absolute Gasteiger partial charge is 0.496 e. The lowest BCUT2D eigenvalue weighted by Crippen LogP contribution is -2.28. The number of carbonyl (C=O) groups excluding carboxylic acids is 1. The number of nitrogens with zero attached hydrogens (tertiary/aromatic N) is 3. The van der Waals surface area contributed by atoms with Crippen molar-refractivity contribution in [2.45, 2.75) is 45.4 Å². The fraction of sp³-hybridized carbons (Fsp3) is 0.348. The van der Waals surface area contributed by atoms with Gasteiger partial charge in [-0.25, -0.2) is 0 Å². The molecule has 0 saturated carbocycles. The SMILES string of the molecule is CCn1c(SCC(=O)NC(C)c2cc(C)ccc2OC)nnc1-c1ccccc1C. The van der Waals surface area contributed by atoms with E-state index in [0.717, 1.165) is 45.5 Å². The van der Waals surface area contributed by atoms with Crippen LogP contribution >= 0.6 is 11.8 Å². The first kappa shape index (κ1) is 21.9. The molecule has 1 N–H and O–H groups in total. The highest BCUT2D eigenvalue weighted by Gasteiger charge is 2.18. The van der Waals surface area contributed by atoms with Crippen LogP contribution in [-0.2, 0) is 11.3 Å². The van der Waals surface area contributed by atoms with Crippen LogP contribution in [0.3, 0.4) is 0 Å². The maximum atomic E-state index is 12.6. The summed E-state index contributed by atoms with van der Waals surface area (Å²) in [6.07, 6.45) is 0. The summed E-state index contributed by atoms with van der Waals surface area (Å²) >= 11 is 1.40. The van der Waals surface area contributed by atoms with E-state index in [1.165, 1.54) is 11.8 Å². The van der Waals surface area contributed by atoms with Gasteiger partial charge in [0, 0.05) is 17.7 Å². The predicted molar refractivity (Wildman–Crippen MR) is 121 cm³/mol. The molecule has 0 saturated heterocycles. The summed E-state index contributed by atoms with van der Waals surface area (Å²) in [6.45, 7) is 8.84. The van der Waals surface area contributed by atoms with E-state index in [0.29, 0.717) is 0 Å². The van der Waals surface area contributed by atoms with Crippen molar-refractivity contribution >= 4 is 17.7 Å². The molecule has 3 rings (SSSR count). The molecule has 0 radical (unpaired) electrons. The summed E-state index contributed by atoms with van der Waals surface area (Å²) in [7, 11) is 1.64. The highest BCUT2D eigenvalue weighted by atomic mass is 32.2. The molecule has 7 heteroatoms. The van der Waals surface area contributed by atoms with Crippen LogP contribution in [0.15, 0.2) is 47.6 Å². The molecular formula is C23H28N4O2S. The fourth-order valence-electron chi connectivity index (χ4n) is 3.39. The quantitative estimate of drug-likeness (QED) is 0.537. The Morgan fingerprint density at radius 2 is 1.97 bits per heavy atom. The Balaban J connectivity index is 1.68. The number of hydrogen-bond acceptors (Lipinski definition) is 5. The molecule has 0 aliphatic carbocycles. The lowest BCUT2D eigenvalue weighted by Gasteiger charge is -2.18. The molecule has 0 spiro atoms. The highest BCUT2D eigenvalue weighted by molar-refractivity contribution is 7.99. The lowest BCUT2D eigenvalue weighted by molar-refractivity contribution is -0.119. The Kier molecular flexibility index (Phi) is 7.15. The monoisotopic (exact) mass is 424 g/mol. The molecule has 1 heterocycles. The molecule has 1 atom stereocenters. The van der Waals surface area contributed by atoms with E-state index in [1.807, 2.05) is 54.8 Å². The zero-order chi connectivity index (χ0) is 21.7. The number of aromatic nitrogens is 3. The molecule has 0 aliphatic rings. The van der Waals surface area contributed by atoms with Gasteiger partial charge in [-0.05, 0) is 39.3 Å². The molecule has 1 amide bonds. The standard InChI is InChI=1S/C23H28N4O2S/c1-6-27-22(18-10-8-7-9-16(18)3)25-26-23(27)30-14-21(28)24-17(4)19-13-15(2)11-12-20(19)29-5/h7-13,17H,6,14H2,1-5H3,(H,24,28). The molecule has 0 aliphatic heterocycles. The summed E-state index contributed by atoms with van der Waals surface area (Å²) in [4.78, 5) is 12.6. The average Bonchev–Trinajstić information content (AvgIpc) is 3.15. The second kappa shape index (κ2) is 9.80. The Labute approximate surface area is 182 Å². The number of nitrogens with one attached hydrogen (secondary N) is 1. The first-order chi connectivity index (χ1) is 14.4. The van der Waals surface area contributed by atoms with E-state index in [2.05, 4.69) is 35.4 Å². The van der Waals surface area contributed by atoms with E-state index >= 15 is 0 Å². The van der Waals surface area contributed by atoms with Gasteiger partial charge in [-0.15, -0.1) is 10.2 Å². The van der Waals surface area contributed by atoms with Gasteiger partial charge in [0.15, 0.2) is 11.0 Å². The van der Waals surface area contributed by atoms with E-state index in [4.69, 9.17) is 4.74 Å². The van der Waals surface area contributed by atoms with E-state index in [9.17, 15) is 4.79 Å². The minimum Gasteiger partial charge on any atom is -0.496 e. The number of carbonyl (C=O) groups is 1. The number of methoxy groups -OCH3 is 1. The summed E-state index contributed by atoms with van der Waals surface area (Å²) < 4.78 is 7.49. The third-order valence-electron chi connectivity index (χ3n) is 4.98. The zero-order valence-corrected chi connectivity index (χ0v) is 18.9. The van der Waals surface area contributed by atoms with Crippen molar-refractivity contribution in [1.29, 1.82) is 0 Å². The normalized spacial score (nSPS) is 11.9. The first-order valence-electron chi connectivity index (χ1n) is 10.0. The second-order valence-electron chi connectivity index (χ2n) is 7.19. The van der Waals surface area contributed by atoms with E-state index in [-0.39, 0.29) is 17.7 Å². The Morgan fingerprint density at radius 1 is 1.20 bits per heavy atom. The van der Waals surface area contributed by atoms with Crippen molar-refractivity contribution in [3.05, 3.63) is 59.2 Å². The number of benzene rings is 2. The van der Waals surface area contributed by atoms with Gasteiger partial charge < -0.3 is 14.6 Å². The molecule has 0 fully saturated rings. The van der Waals surface area contributed by atoms with Gasteiger partial charge in [-0.1, -0.05) is 53.7 Å². The third-order valence-corrected chi connectivity index (χ3v) is 5.95. The van der Waals surface area contributed by atoms with Crippen LogP contribution in [-0.4, -0.2) is 33.5 Å². The number of aryl methyl sites for hydroxylation is 2. The number of ether oxygens (including phenoxy) is 1. The van der Waals surface area contributed by atoms with Gasteiger partial charge in [0.2, 0.25) is 5.91 Å². The molecule has 0 bridgehead atoms. The second-order valence-corrected chi connectivity index (χ2v) is 8.13. The van der Waals surface area contributed by atoms with E-state index in [1.54, 1.807) is 7.11 Å². The molecule has 30 heavy (non-hydrogen) atoms. The number of thioether (sulfide) groups is 1. The van der Waals surface area contributed by atoms with Crippen LogP contribution in [0.5, 0.6) is 5.75 Å². The maximum Gasteiger partial charge on any atom is 0.230 e. The molecule has 6 nitrogen and oxygen atoms in total. The minimum absolute atomic E-state index is 0.0563. The Hall–Kier alpha value is -2.80. The number of rotatable bonds is 8. The van der Waals surface area contributed by atoms with Gasteiger partial charge in [0.05, 0.1) is 18.9 Å². The average molecular weight is 425 g/mol. The number of amides is 1. The molecule has 158 valence electrons. The van der Waals surface area contributed by atoms with Crippen molar-refractivity contribution < 1.29 is 9.53 Å². The maximum absolute atomic E-state index is 12.6. The topological polar surface area (TPSA) is 69.0 Å². The zero-order valence-electron chi connectivity index (χ0n) is 18.1. The van der Waals surface area contributed by atoms with Gasteiger partial charge in [-0.2, -0.15) is 0 Å². The lowest BCUT2D eigenvalue weighted by atomic mass is 10.0. The van der Waals surface area contributed by atoms with Gasteiger partial charge >= 0.3 is 0 Å². The van der Waals surface area contributed by atoms with Gasteiger partial charge in [0.25, 0.3) is 0 Å².